The molecule has 0 N–H and O–H groups in total. The summed E-state index contributed by atoms with van der Waals surface area (Å²) in [6, 6.07) is 6.87. The third-order valence-corrected chi connectivity index (χ3v) is 5.00. The fourth-order valence-electron chi connectivity index (χ4n) is 2.79. The van der Waals surface area contributed by atoms with E-state index in [9.17, 15) is 13.8 Å². The molecule has 0 aromatic heterocycles. The molecule has 2 unspecified atom stereocenters. The zero-order valence-corrected chi connectivity index (χ0v) is 15.3. The summed E-state index contributed by atoms with van der Waals surface area (Å²) >= 11 is 0. The molecule has 1 fully saturated rings. The molecule has 1 saturated heterocycles. The summed E-state index contributed by atoms with van der Waals surface area (Å²) in [6.07, 6.45) is 2.80. The van der Waals surface area contributed by atoms with Crippen LogP contribution in [0.4, 0.5) is 0 Å². The number of rotatable bonds is 5. The van der Waals surface area contributed by atoms with Crippen LogP contribution in [0.3, 0.4) is 0 Å². The normalized spacial score (nSPS) is 18.0. The molecule has 1 amide bonds. The number of nitrogens with zero attached hydrogens (tertiary/aromatic N) is 1. The smallest absolute Gasteiger partial charge is 0.338 e. The third kappa shape index (κ3) is 5.16. The molecule has 1 aliphatic rings. The van der Waals surface area contributed by atoms with Crippen LogP contribution in [0.1, 0.15) is 42.6 Å². The van der Waals surface area contributed by atoms with Gasteiger partial charge in [0.25, 0.3) is 5.91 Å². The molecule has 0 bridgehead atoms. The lowest BCUT2D eigenvalue weighted by Gasteiger charge is -2.31. The van der Waals surface area contributed by atoms with Gasteiger partial charge in [0, 0.05) is 35.9 Å². The lowest BCUT2D eigenvalue weighted by Crippen LogP contribution is -2.44. The second-order valence-corrected chi connectivity index (χ2v) is 7.91. The number of carbonyl (C=O) groups is 2. The van der Waals surface area contributed by atoms with Crippen molar-refractivity contribution >= 4 is 22.7 Å². The maximum Gasteiger partial charge on any atom is 0.338 e. The largest absolute Gasteiger partial charge is 0.449 e. The summed E-state index contributed by atoms with van der Waals surface area (Å²) in [5.74, 6) is 0.367. The maximum atomic E-state index is 12.4. The molecule has 0 saturated carbocycles. The van der Waals surface area contributed by atoms with Gasteiger partial charge in [0.05, 0.1) is 5.56 Å². The number of ether oxygens (including phenoxy) is 1. The number of hydrogen-bond donors (Lipinski definition) is 0. The Morgan fingerprint density at radius 3 is 2.62 bits per heavy atom. The number of benzene rings is 1. The van der Waals surface area contributed by atoms with Crippen molar-refractivity contribution in [1.82, 2.24) is 4.90 Å². The molecule has 6 heteroatoms. The third-order valence-electron chi connectivity index (χ3n) is 4.26. The summed E-state index contributed by atoms with van der Waals surface area (Å²) in [5, 5.41) is 0. The van der Waals surface area contributed by atoms with Crippen LogP contribution in [0.5, 0.6) is 0 Å². The molecule has 2 atom stereocenters. The van der Waals surface area contributed by atoms with E-state index in [4.69, 9.17) is 4.74 Å². The minimum atomic E-state index is -0.975. The van der Waals surface area contributed by atoms with E-state index in [0.29, 0.717) is 17.2 Å². The van der Waals surface area contributed by atoms with Gasteiger partial charge in [-0.3, -0.25) is 9.00 Å². The van der Waals surface area contributed by atoms with E-state index < -0.39 is 22.9 Å². The van der Waals surface area contributed by atoms with Gasteiger partial charge in [0.15, 0.2) is 6.10 Å². The predicted octanol–water partition coefficient (Wildman–Crippen LogP) is 2.37. The van der Waals surface area contributed by atoms with Crippen LogP contribution >= 0.6 is 0 Å². The first-order valence-electron chi connectivity index (χ1n) is 8.25. The van der Waals surface area contributed by atoms with Crippen molar-refractivity contribution in [2.75, 3.05) is 19.3 Å². The molecule has 1 aromatic carbocycles. The summed E-state index contributed by atoms with van der Waals surface area (Å²) in [7, 11) is -0.975. The monoisotopic (exact) mass is 351 g/mol. The minimum Gasteiger partial charge on any atom is -0.449 e. The molecule has 2 rings (SSSR count). The van der Waals surface area contributed by atoms with Crippen molar-refractivity contribution < 1.29 is 18.5 Å². The Bertz CT molecular complexity index is 623. The second kappa shape index (κ2) is 8.42. The van der Waals surface area contributed by atoms with E-state index in [1.54, 1.807) is 36.3 Å². The fraction of sp³-hybridized carbons (Fsp3) is 0.556. The molecule has 0 aliphatic carbocycles. The number of amides is 1. The number of piperidine rings is 1. The van der Waals surface area contributed by atoms with Gasteiger partial charge < -0.3 is 9.64 Å². The van der Waals surface area contributed by atoms with Crippen LogP contribution in [0.15, 0.2) is 24.3 Å². The lowest BCUT2D eigenvalue weighted by atomic mass is 9.99. The highest BCUT2D eigenvalue weighted by Crippen LogP contribution is 2.18. The Balaban J connectivity index is 1.95. The van der Waals surface area contributed by atoms with E-state index in [0.717, 1.165) is 31.5 Å². The Kier molecular flexibility index (Phi) is 6.54. The second-order valence-electron chi connectivity index (χ2n) is 6.47. The van der Waals surface area contributed by atoms with Gasteiger partial charge >= 0.3 is 5.97 Å². The molecule has 1 aliphatic heterocycles. The van der Waals surface area contributed by atoms with Crippen LogP contribution < -0.4 is 0 Å². The number of esters is 1. The van der Waals surface area contributed by atoms with Crippen LogP contribution in [0, 0.1) is 5.92 Å². The zero-order valence-electron chi connectivity index (χ0n) is 14.5. The number of carbonyl (C=O) groups excluding carboxylic acids is 2. The Morgan fingerprint density at radius 2 is 2.00 bits per heavy atom. The van der Waals surface area contributed by atoms with Gasteiger partial charge in [-0.25, -0.2) is 4.79 Å². The molecule has 132 valence electrons. The molecule has 0 spiro atoms. The number of hydrogen-bond acceptors (Lipinski definition) is 4. The van der Waals surface area contributed by atoms with E-state index in [1.807, 2.05) is 6.07 Å². The highest BCUT2D eigenvalue weighted by Gasteiger charge is 2.27. The molecular formula is C18H25NO4S. The first-order valence-corrected chi connectivity index (χ1v) is 9.98. The molecule has 0 radical (unpaired) electrons. The van der Waals surface area contributed by atoms with E-state index in [-0.39, 0.29) is 5.91 Å². The van der Waals surface area contributed by atoms with Crippen molar-refractivity contribution in [1.29, 1.82) is 0 Å². The summed E-state index contributed by atoms with van der Waals surface area (Å²) < 4.78 is 16.6. The van der Waals surface area contributed by atoms with E-state index >= 15 is 0 Å². The predicted molar refractivity (Wildman–Crippen MR) is 94.1 cm³/mol. The van der Waals surface area contributed by atoms with Crippen LogP contribution in [0.2, 0.25) is 0 Å². The van der Waals surface area contributed by atoms with Crippen LogP contribution in [0.25, 0.3) is 0 Å². The van der Waals surface area contributed by atoms with Gasteiger partial charge in [-0.15, -0.1) is 0 Å². The Morgan fingerprint density at radius 1 is 1.33 bits per heavy atom. The molecule has 24 heavy (non-hydrogen) atoms. The van der Waals surface area contributed by atoms with Gasteiger partial charge in [-0.2, -0.15) is 0 Å². The minimum absolute atomic E-state index is 0.138. The highest BCUT2D eigenvalue weighted by atomic mass is 32.2. The summed E-state index contributed by atoms with van der Waals surface area (Å²) in [5.41, 5.74) is 1.19. The van der Waals surface area contributed by atoms with Crippen molar-refractivity contribution in [3.05, 3.63) is 35.4 Å². The van der Waals surface area contributed by atoms with Gasteiger partial charge in [0.2, 0.25) is 0 Å². The fourth-order valence-corrected chi connectivity index (χ4v) is 3.44. The lowest BCUT2D eigenvalue weighted by molar-refractivity contribution is -0.141. The van der Waals surface area contributed by atoms with E-state index in [2.05, 4.69) is 6.92 Å². The quantitative estimate of drug-likeness (QED) is 0.764. The summed E-state index contributed by atoms with van der Waals surface area (Å²) in [6.45, 7) is 5.24. The van der Waals surface area contributed by atoms with Crippen molar-refractivity contribution in [2.45, 2.75) is 38.5 Å². The highest BCUT2D eigenvalue weighted by molar-refractivity contribution is 7.83. The average molecular weight is 351 g/mol. The Hall–Kier alpha value is -1.69. The topological polar surface area (TPSA) is 63.7 Å². The standard InChI is InChI=1S/C18H25NO4S/c1-13-7-9-19(10-8-13)17(20)14(2)23-18(21)16-6-4-5-15(11-16)12-24(3)22/h4-6,11,13-14H,7-10,12H2,1-3H3. The van der Waals surface area contributed by atoms with Gasteiger partial charge in [-0.05, 0) is 43.4 Å². The zero-order chi connectivity index (χ0) is 17.7. The molecule has 1 heterocycles. The van der Waals surface area contributed by atoms with Gasteiger partial charge in [-0.1, -0.05) is 19.1 Å². The van der Waals surface area contributed by atoms with Crippen molar-refractivity contribution in [2.24, 2.45) is 5.92 Å². The molecular weight excluding hydrogens is 326 g/mol. The Labute approximate surface area is 145 Å². The molecule has 1 aromatic rings. The first-order chi connectivity index (χ1) is 11.4. The number of likely N-dealkylation sites (tertiary alicyclic amines) is 1. The maximum absolute atomic E-state index is 12.4. The van der Waals surface area contributed by atoms with E-state index in [1.165, 1.54) is 0 Å². The van der Waals surface area contributed by atoms with Gasteiger partial charge in [0.1, 0.15) is 0 Å². The van der Waals surface area contributed by atoms with Crippen LogP contribution in [-0.4, -0.2) is 46.4 Å². The summed E-state index contributed by atoms with van der Waals surface area (Å²) in [4.78, 5) is 26.4. The average Bonchev–Trinajstić information content (AvgIpc) is 2.54. The van der Waals surface area contributed by atoms with Crippen LogP contribution in [-0.2, 0) is 26.1 Å². The SMILES string of the molecule is CC1CCN(C(=O)C(C)OC(=O)c2cccc(CS(C)=O)c2)CC1. The molecule has 5 nitrogen and oxygen atoms in total. The first kappa shape index (κ1) is 18.6. The van der Waals surface area contributed by atoms with Crippen molar-refractivity contribution in [3.8, 4) is 0 Å². The van der Waals surface area contributed by atoms with Crippen molar-refractivity contribution in [3.63, 3.8) is 0 Å².